The number of aromatic hydroxyl groups is 1. The fraction of sp³-hybridized carbons (Fsp3) is 0.280. The minimum Gasteiger partial charge on any atom is -0.507 e. The maximum atomic E-state index is 13.0. The SMILES string of the molecule is COc1ccc(NC(=O)C[C@H](c2cc(OC)c(OC)c(OC)c2)c2c(O)cc(C)oc2=O)cc1. The van der Waals surface area contributed by atoms with Crippen molar-refractivity contribution >= 4 is 11.6 Å². The van der Waals surface area contributed by atoms with Gasteiger partial charge in [0.15, 0.2) is 11.5 Å². The first kappa shape index (κ1) is 24.5. The molecule has 1 aromatic heterocycles. The zero-order valence-corrected chi connectivity index (χ0v) is 19.6. The molecule has 34 heavy (non-hydrogen) atoms. The van der Waals surface area contributed by atoms with Crippen LogP contribution in [-0.2, 0) is 4.79 Å². The van der Waals surface area contributed by atoms with Crippen molar-refractivity contribution in [1.29, 1.82) is 0 Å². The number of methoxy groups -OCH3 is 4. The summed E-state index contributed by atoms with van der Waals surface area (Å²) in [5.41, 5.74) is 0.249. The zero-order chi connectivity index (χ0) is 24.8. The summed E-state index contributed by atoms with van der Waals surface area (Å²) in [4.78, 5) is 25.8. The van der Waals surface area contributed by atoms with Crippen LogP contribution in [0.1, 0.15) is 29.2 Å². The maximum absolute atomic E-state index is 13.0. The van der Waals surface area contributed by atoms with E-state index in [1.807, 2.05) is 0 Å². The molecular formula is C25H27NO8. The highest BCUT2D eigenvalue weighted by Gasteiger charge is 2.28. The van der Waals surface area contributed by atoms with Crippen LogP contribution in [0.25, 0.3) is 0 Å². The number of aryl methyl sites for hydroxylation is 1. The summed E-state index contributed by atoms with van der Waals surface area (Å²) < 4.78 is 26.6. The second-order valence-corrected chi connectivity index (χ2v) is 7.44. The van der Waals surface area contributed by atoms with E-state index in [1.165, 1.54) is 27.4 Å². The van der Waals surface area contributed by atoms with Gasteiger partial charge in [0.25, 0.3) is 0 Å². The first-order valence-corrected chi connectivity index (χ1v) is 10.4. The minimum absolute atomic E-state index is 0.0512. The molecule has 1 amide bonds. The number of nitrogens with one attached hydrogen (secondary N) is 1. The molecule has 0 bridgehead atoms. The number of carbonyl (C=O) groups is 1. The van der Waals surface area contributed by atoms with E-state index in [1.54, 1.807) is 50.4 Å². The van der Waals surface area contributed by atoms with Gasteiger partial charge in [-0.3, -0.25) is 4.79 Å². The standard InChI is InChI=1S/C25H27NO8/c1-14-10-19(27)23(25(29)34-14)18(13-22(28)26-16-6-8-17(30-2)9-7-16)15-11-20(31-3)24(33-5)21(12-15)32-4/h6-12,18,27H,13H2,1-5H3,(H,26,28)/t18-/m1/s1. The van der Waals surface area contributed by atoms with Gasteiger partial charge in [0, 0.05) is 24.1 Å². The molecule has 0 aliphatic carbocycles. The number of benzene rings is 2. The van der Waals surface area contributed by atoms with Gasteiger partial charge in [0.2, 0.25) is 11.7 Å². The number of amides is 1. The summed E-state index contributed by atoms with van der Waals surface area (Å²) in [7, 11) is 5.95. The van der Waals surface area contributed by atoms with Gasteiger partial charge in [0.05, 0.1) is 34.0 Å². The number of rotatable bonds is 9. The van der Waals surface area contributed by atoms with Crippen LogP contribution in [0.5, 0.6) is 28.7 Å². The van der Waals surface area contributed by atoms with Gasteiger partial charge in [-0.25, -0.2) is 4.79 Å². The van der Waals surface area contributed by atoms with E-state index >= 15 is 0 Å². The fourth-order valence-electron chi connectivity index (χ4n) is 3.69. The highest BCUT2D eigenvalue weighted by atomic mass is 16.5. The van der Waals surface area contributed by atoms with Gasteiger partial charge in [-0.1, -0.05) is 0 Å². The molecule has 9 heteroatoms. The lowest BCUT2D eigenvalue weighted by Gasteiger charge is -2.21. The summed E-state index contributed by atoms with van der Waals surface area (Å²) in [6, 6.07) is 11.4. The Bertz CT molecular complexity index is 1190. The first-order valence-electron chi connectivity index (χ1n) is 10.4. The molecule has 2 N–H and O–H groups in total. The third-order valence-electron chi connectivity index (χ3n) is 5.29. The van der Waals surface area contributed by atoms with Crippen molar-refractivity contribution in [2.24, 2.45) is 0 Å². The number of ether oxygens (including phenoxy) is 4. The van der Waals surface area contributed by atoms with E-state index in [2.05, 4.69) is 5.32 Å². The van der Waals surface area contributed by atoms with Crippen LogP contribution in [0, 0.1) is 6.92 Å². The van der Waals surface area contributed by atoms with Crippen molar-refractivity contribution < 1.29 is 33.3 Å². The highest BCUT2D eigenvalue weighted by Crippen LogP contribution is 2.43. The molecule has 1 heterocycles. The molecule has 0 radical (unpaired) electrons. The Morgan fingerprint density at radius 3 is 2.09 bits per heavy atom. The quantitative estimate of drug-likeness (QED) is 0.485. The second kappa shape index (κ2) is 10.7. The van der Waals surface area contributed by atoms with E-state index in [0.717, 1.165) is 0 Å². The molecule has 9 nitrogen and oxygen atoms in total. The Morgan fingerprint density at radius 2 is 1.59 bits per heavy atom. The molecule has 3 aromatic rings. The molecule has 0 saturated heterocycles. The molecule has 1 atom stereocenters. The van der Waals surface area contributed by atoms with Crippen LogP contribution in [0.2, 0.25) is 0 Å². The second-order valence-electron chi connectivity index (χ2n) is 7.44. The van der Waals surface area contributed by atoms with Crippen molar-refractivity contribution in [3.63, 3.8) is 0 Å². The zero-order valence-electron chi connectivity index (χ0n) is 19.6. The number of anilines is 1. The Kier molecular flexibility index (Phi) is 7.68. The van der Waals surface area contributed by atoms with Gasteiger partial charge < -0.3 is 33.8 Å². The smallest absolute Gasteiger partial charge is 0.343 e. The first-order chi connectivity index (χ1) is 16.3. The van der Waals surface area contributed by atoms with E-state index in [0.29, 0.717) is 34.2 Å². The molecule has 0 saturated carbocycles. The van der Waals surface area contributed by atoms with E-state index in [9.17, 15) is 14.7 Å². The lowest BCUT2D eigenvalue weighted by atomic mass is 9.88. The molecular weight excluding hydrogens is 442 g/mol. The molecule has 3 rings (SSSR count). The van der Waals surface area contributed by atoms with Crippen LogP contribution in [0.3, 0.4) is 0 Å². The van der Waals surface area contributed by atoms with E-state index in [-0.39, 0.29) is 29.4 Å². The van der Waals surface area contributed by atoms with Crippen LogP contribution in [-0.4, -0.2) is 39.5 Å². The Labute approximate surface area is 196 Å². The summed E-state index contributed by atoms with van der Waals surface area (Å²) in [6.45, 7) is 1.55. The minimum atomic E-state index is -0.871. The summed E-state index contributed by atoms with van der Waals surface area (Å²) in [6.07, 6.45) is -0.175. The molecule has 0 aliphatic rings. The maximum Gasteiger partial charge on any atom is 0.343 e. The average molecular weight is 469 g/mol. The van der Waals surface area contributed by atoms with E-state index < -0.39 is 11.5 Å². The third-order valence-corrected chi connectivity index (χ3v) is 5.29. The van der Waals surface area contributed by atoms with Crippen molar-refractivity contribution in [3.8, 4) is 28.7 Å². The highest BCUT2D eigenvalue weighted by molar-refractivity contribution is 5.91. The normalized spacial score (nSPS) is 11.4. The monoisotopic (exact) mass is 469 g/mol. The van der Waals surface area contributed by atoms with Crippen LogP contribution in [0.4, 0.5) is 5.69 Å². The van der Waals surface area contributed by atoms with Crippen molar-refractivity contribution in [1.82, 2.24) is 0 Å². The summed E-state index contributed by atoms with van der Waals surface area (Å²) in [5, 5.41) is 13.4. The Morgan fingerprint density at radius 1 is 0.971 bits per heavy atom. The van der Waals surface area contributed by atoms with Crippen LogP contribution in [0.15, 0.2) is 51.7 Å². The molecule has 180 valence electrons. The third kappa shape index (κ3) is 5.25. The number of hydrogen-bond acceptors (Lipinski definition) is 8. The largest absolute Gasteiger partial charge is 0.507 e. The average Bonchev–Trinajstić information content (AvgIpc) is 2.82. The van der Waals surface area contributed by atoms with Crippen LogP contribution < -0.4 is 29.9 Å². The van der Waals surface area contributed by atoms with Crippen LogP contribution >= 0.6 is 0 Å². The lowest BCUT2D eigenvalue weighted by molar-refractivity contribution is -0.116. The molecule has 0 spiro atoms. The molecule has 0 fully saturated rings. The molecule has 0 aliphatic heterocycles. The molecule has 2 aromatic carbocycles. The number of carbonyl (C=O) groups excluding carboxylic acids is 1. The lowest BCUT2D eigenvalue weighted by Crippen LogP contribution is -2.21. The number of hydrogen-bond donors (Lipinski definition) is 2. The van der Waals surface area contributed by atoms with Gasteiger partial charge >= 0.3 is 5.63 Å². The topological polar surface area (TPSA) is 116 Å². The van der Waals surface area contributed by atoms with Gasteiger partial charge in [-0.15, -0.1) is 0 Å². The predicted molar refractivity (Wildman–Crippen MR) is 126 cm³/mol. The summed E-state index contributed by atoms with van der Waals surface area (Å²) >= 11 is 0. The van der Waals surface area contributed by atoms with Gasteiger partial charge in [0.1, 0.15) is 17.3 Å². The van der Waals surface area contributed by atoms with Crippen molar-refractivity contribution in [2.75, 3.05) is 33.8 Å². The Hall–Kier alpha value is -4.14. The van der Waals surface area contributed by atoms with Gasteiger partial charge in [-0.2, -0.15) is 0 Å². The van der Waals surface area contributed by atoms with Crippen molar-refractivity contribution in [2.45, 2.75) is 19.3 Å². The predicted octanol–water partition coefficient (Wildman–Crippen LogP) is 3.85. The fourth-order valence-corrected chi connectivity index (χ4v) is 3.69. The summed E-state index contributed by atoms with van der Waals surface area (Å²) in [5.74, 6) is 0.405. The Balaban J connectivity index is 2.07. The van der Waals surface area contributed by atoms with Gasteiger partial charge in [-0.05, 0) is 48.9 Å². The van der Waals surface area contributed by atoms with E-state index in [4.69, 9.17) is 23.4 Å². The molecule has 0 unspecified atom stereocenters. The van der Waals surface area contributed by atoms with Crippen molar-refractivity contribution in [3.05, 3.63) is 69.8 Å².